The average molecular weight is 322 g/mol. The third-order valence-corrected chi connectivity index (χ3v) is 3.17. The molecule has 0 amide bonds. The van der Waals surface area contributed by atoms with Crippen LogP contribution in [0.2, 0.25) is 5.02 Å². The first-order valence-corrected chi connectivity index (χ1v) is 6.61. The van der Waals surface area contributed by atoms with Crippen molar-refractivity contribution in [1.29, 1.82) is 0 Å². The number of benzene rings is 2. The van der Waals surface area contributed by atoms with E-state index in [-0.39, 0.29) is 17.0 Å². The SMILES string of the molecule is COC(=O)c1ccc(Oc2ccc(Cl)cc2C)c([N+](=O)[O-])c1. The van der Waals surface area contributed by atoms with Crippen molar-refractivity contribution in [2.45, 2.75) is 6.92 Å². The number of ether oxygens (including phenoxy) is 2. The van der Waals surface area contributed by atoms with Gasteiger partial charge in [-0.15, -0.1) is 0 Å². The Bertz CT molecular complexity index is 745. The Morgan fingerprint density at radius 1 is 1.18 bits per heavy atom. The Morgan fingerprint density at radius 2 is 1.86 bits per heavy atom. The van der Waals surface area contributed by atoms with Crippen LogP contribution in [-0.2, 0) is 4.74 Å². The Kier molecular flexibility index (Phi) is 4.62. The molecule has 0 aliphatic rings. The van der Waals surface area contributed by atoms with Crippen LogP contribution in [0.5, 0.6) is 11.5 Å². The van der Waals surface area contributed by atoms with E-state index < -0.39 is 10.9 Å². The predicted octanol–water partition coefficient (Wildman–Crippen LogP) is 4.14. The number of esters is 1. The van der Waals surface area contributed by atoms with Crippen LogP contribution < -0.4 is 4.74 Å². The summed E-state index contributed by atoms with van der Waals surface area (Å²) in [6, 6.07) is 8.81. The van der Waals surface area contributed by atoms with Gasteiger partial charge in [-0.2, -0.15) is 0 Å². The largest absolute Gasteiger partial charge is 0.465 e. The van der Waals surface area contributed by atoms with Crippen LogP contribution in [0.25, 0.3) is 0 Å². The monoisotopic (exact) mass is 321 g/mol. The molecule has 0 aromatic heterocycles. The van der Waals surface area contributed by atoms with E-state index in [1.54, 1.807) is 25.1 Å². The lowest BCUT2D eigenvalue weighted by molar-refractivity contribution is -0.385. The fraction of sp³-hybridized carbons (Fsp3) is 0.133. The molecule has 0 bridgehead atoms. The Hall–Kier alpha value is -2.60. The van der Waals surface area contributed by atoms with Gasteiger partial charge in [0.2, 0.25) is 5.75 Å². The molecule has 0 saturated carbocycles. The minimum atomic E-state index is -0.655. The summed E-state index contributed by atoms with van der Waals surface area (Å²) in [7, 11) is 1.20. The van der Waals surface area contributed by atoms with Gasteiger partial charge in [0.05, 0.1) is 17.6 Å². The maximum Gasteiger partial charge on any atom is 0.338 e. The third kappa shape index (κ3) is 3.35. The number of hydrogen-bond donors (Lipinski definition) is 0. The number of carbonyl (C=O) groups is 1. The third-order valence-electron chi connectivity index (χ3n) is 2.93. The van der Waals surface area contributed by atoms with Crippen molar-refractivity contribution < 1.29 is 19.2 Å². The second-order valence-corrected chi connectivity index (χ2v) is 4.88. The highest BCUT2D eigenvalue weighted by atomic mass is 35.5. The standard InChI is InChI=1S/C15H12ClNO5/c1-9-7-11(16)4-6-13(9)22-14-5-3-10(15(18)21-2)8-12(14)17(19)20/h3-8H,1-2H3. The Balaban J connectivity index is 2.42. The van der Waals surface area contributed by atoms with Crippen LogP contribution in [0, 0.1) is 17.0 Å². The van der Waals surface area contributed by atoms with E-state index in [0.717, 1.165) is 11.6 Å². The summed E-state index contributed by atoms with van der Waals surface area (Å²) in [4.78, 5) is 22.0. The lowest BCUT2D eigenvalue weighted by Crippen LogP contribution is -2.03. The topological polar surface area (TPSA) is 78.7 Å². The first-order chi connectivity index (χ1) is 10.4. The quantitative estimate of drug-likeness (QED) is 0.480. The van der Waals surface area contributed by atoms with Gasteiger partial charge < -0.3 is 9.47 Å². The second kappa shape index (κ2) is 6.44. The van der Waals surface area contributed by atoms with E-state index >= 15 is 0 Å². The number of aryl methyl sites for hydroxylation is 1. The molecule has 22 heavy (non-hydrogen) atoms. The number of hydrogen-bond acceptors (Lipinski definition) is 5. The fourth-order valence-electron chi connectivity index (χ4n) is 1.84. The summed E-state index contributed by atoms with van der Waals surface area (Å²) in [5.74, 6) is -0.182. The molecule has 0 spiro atoms. The van der Waals surface area contributed by atoms with Gasteiger partial charge >= 0.3 is 11.7 Å². The molecule has 2 rings (SSSR count). The molecule has 0 N–H and O–H groups in total. The first-order valence-electron chi connectivity index (χ1n) is 6.23. The molecule has 114 valence electrons. The molecule has 6 nitrogen and oxygen atoms in total. The molecule has 2 aromatic carbocycles. The minimum Gasteiger partial charge on any atom is -0.465 e. The number of rotatable bonds is 4. The predicted molar refractivity (Wildman–Crippen MR) is 80.7 cm³/mol. The zero-order valence-corrected chi connectivity index (χ0v) is 12.6. The molecule has 0 heterocycles. The average Bonchev–Trinajstić information content (AvgIpc) is 2.49. The zero-order chi connectivity index (χ0) is 16.3. The summed E-state index contributed by atoms with van der Waals surface area (Å²) in [5, 5.41) is 11.7. The molecule has 0 aliphatic heterocycles. The number of methoxy groups -OCH3 is 1. The van der Waals surface area contributed by atoms with Crippen molar-refractivity contribution in [3.05, 3.63) is 62.7 Å². The number of halogens is 1. The van der Waals surface area contributed by atoms with Gasteiger partial charge in [0.25, 0.3) is 0 Å². The van der Waals surface area contributed by atoms with Gasteiger partial charge in [-0.3, -0.25) is 10.1 Å². The van der Waals surface area contributed by atoms with Gasteiger partial charge in [-0.1, -0.05) is 11.6 Å². The molecular weight excluding hydrogens is 310 g/mol. The van der Waals surface area contributed by atoms with Crippen molar-refractivity contribution in [2.75, 3.05) is 7.11 Å². The lowest BCUT2D eigenvalue weighted by atomic mass is 10.2. The first kappa shape index (κ1) is 15.8. The molecule has 0 fully saturated rings. The molecule has 0 aliphatic carbocycles. The van der Waals surface area contributed by atoms with Crippen LogP contribution in [0.15, 0.2) is 36.4 Å². The van der Waals surface area contributed by atoms with Gasteiger partial charge in [-0.05, 0) is 42.8 Å². The molecule has 0 radical (unpaired) electrons. The summed E-state index contributed by atoms with van der Waals surface area (Å²) in [6.07, 6.45) is 0. The molecular formula is C15H12ClNO5. The number of nitro groups is 1. The van der Waals surface area contributed by atoms with E-state index in [9.17, 15) is 14.9 Å². The molecule has 0 saturated heterocycles. The highest BCUT2D eigenvalue weighted by Crippen LogP contribution is 2.34. The van der Waals surface area contributed by atoms with Gasteiger partial charge in [0, 0.05) is 11.1 Å². The van der Waals surface area contributed by atoms with Crippen LogP contribution in [0.3, 0.4) is 0 Å². The Labute approximate surface area is 131 Å². The van der Waals surface area contributed by atoms with Crippen molar-refractivity contribution in [3.8, 4) is 11.5 Å². The van der Waals surface area contributed by atoms with Crippen molar-refractivity contribution in [1.82, 2.24) is 0 Å². The van der Waals surface area contributed by atoms with Gasteiger partial charge in [-0.25, -0.2) is 4.79 Å². The highest BCUT2D eigenvalue weighted by Gasteiger charge is 2.20. The summed E-state index contributed by atoms with van der Waals surface area (Å²) in [5.41, 5.74) is 0.491. The summed E-state index contributed by atoms with van der Waals surface area (Å²) in [6.45, 7) is 1.77. The maximum atomic E-state index is 11.4. The lowest BCUT2D eigenvalue weighted by Gasteiger charge is -2.10. The fourth-order valence-corrected chi connectivity index (χ4v) is 2.06. The van der Waals surface area contributed by atoms with Crippen LogP contribution >= 0.6 is 11.6 Å². The van der Waals surface area contributed by atoms with Crippen molar-refractivity contribution in [3.63, 3.8) is 0 Å². The minimum absolute atomic E-state index is 0.0306. The summed E-state index contributed by atoms with van der Waals surface area (Å²) >= 11 is 5.86. The second-order valence-electron chi connectivity index (χ2n) is 4.44. The number of carbonyl (C=O) groups excluding carboxylic acids is 1. The van der Waals surface area contributed by atoms with E-state index in [2.05, 4.69) is 4.74 Å². The van der Waals surface area contributed by atoms with E-state index in [4.69, 9.17) is 16.3 Å². The molecule has 0 unspecified atom stereocenters. The van der Waals surface area contributed by atoms with Crippen LogP contribution in [-0.4, -0.2) is 18.0 Å². The smallest absolute Gasteiger partial charge is 0.338 e. The molecule has 0 atom stereocenters. The molecule has 7 heteroatoms. The van der Waals surface area contributed by atoms with Crippen molar-refractivity contribution in [2.24, 2.45) is 0 Å². The number of nitro benzene ring substituents is 1. The number of nitrogens with zero attached hydrogens (tertiary/aromatic N) is 1. The van der Waals surface area contributed by atoms with Crippen molar-refractivity contribution >= 4 is 23.3 Å². The normalized spacial score (nSPS) is 10.1. The van der Waals surface area contributed by atoms with Gasteiger partial charge in [0.15, 0.2) is 0 Å². The van der Waals surface area contributed by atoms with Crippen LogP contribution in [0.1, 0.15) is 15.9 Å². The van der Waals surface area contributed by atoms with Crippen LogP contribution in [0.4, 0.5) is 5.69 Å². The maximum absolute atomic E-state index is 11.4. The zero-order valence-electron chi connectivity index (χ0n) is 11.8. The highest BCUT2D eigenvalue weighted by molar-refractivity contribution is 6.30. The Morgan fingerprint density at radius 3 is 2.45 bits per heavy atom. The summed E-state index contributed by atoms with van der Waals surface area (Å²) < 4.78 is 10.1. The van der Waals surface area contributed by atoms with E-state index in [1.165, 1.54) is 19.2 Å². The van der Waals surface area contributed by atoms with Gasteiger partial charge in [0.1, 0.15) is 5.75 Å². The van der Waals surface area contributed by atoms with E-state index in [0.29, 0.717) is 10.8 Å². The molecule has 2 aromatic rings. The van der Waals surface area contributed by atoms with E-state index in [1.807, 2.05) is 0 Å².